The van der Waals surface area contributed by atoms with E-state index in [1.807, 2.05) is 0 Å². The van der Waals surface area contributed by atoms with E-state index >= 15 is 0 Å². The molecule has 1 amide bonds. The average molecular weight is 586 g/mol. The van der Waals surface area contributed by atoms with Gasteiger partial charge in [-0.15, -0.1) is 0 Å². The number of nitrogens with zero attached hydrogens (tertiary/aromatic N) is 2. The van der Waals surface area contributed by atoms with Crippen molar-refractivity contribution in [1.29, 1.82) is 0 Å². The van der Waals surface area contributed by atoms with Crippen LogP contribution in [0.4, 0.5) is 13.2 Å². The molecule has 0 aliphatic carbocycles. The Kier molecular flexibility index (Phi) is 6.74. The number of hydrogen-bond acceptors (Lipinski definition) is 5. The molecule has 13 heteroatoms. The average Bonchev–Trinajstić information content (AvgIpc) is 2.90. The van der Waals surface area contributed by atoms with Crippen LogP contribution < -0.4 is 11.3 Å². The first kappa shape index (κ1) is 28.1. The number of rotatable bonds is 5. The van der Waals surface area contributed by atoms with Crippen molar-refractivity contribution in [3.63, 3.8) is 0 Å². The molecule has 0 radical (unpaired) electrons. The van der Waals surface area contributed by atoms with Gasteiger partial charge in [-0.3, -0.25) is 14.2 Å². The fraction of sp³-hybridized carbons (Fsp3) is 0.179. The molecule has 41 heavy (non-hydrogen) atoms. The molecule has 0 fully saturated rings. The number of aromatic nitrogens is 1. The molecular weight excluding hydrogens is 563 g/mol. The number of amides is 1. The quantitative estimate of drug-likeness (QED) is 0.367. The summed E-state index contributed by atoms with van der Waals surface area (Å²) in [5.74, 6) is -2.86. The SMILES string of the molecule is CN1CC(C(=O)O)n2c(c(-c3cccc(C(F)(F)F)c3)c(Cc3cccc4ccccc34)c(C(N)=O)c2=O)S1(=O)=O. The van der Waals surface area contributed by atoms with Crippen LogP contribution in [0.3, 0.4) is 0 Å². The number of benzene rings is 3. The fourth-order valence-corrected chi connectivity index (χ4v) is 6.82. The Balaban J connectivity index is 1.99. The van der Waals surface area contributed by atoms with E-state index in [0.717, 1.165) is 24.6 Å². The number of nitrogens with two attached hydrogens (primary N) is 1. The van der Waals surface area contributed by atoms with E-state index < -0.39 is 67.9 Å². The number of alkyl halides is 3. The molecule has 2 heterocycles. The molecular formula is C28H22F3N3O6S. The van der Waals surface area contributed by atoms with Crippen molar-refractivity contribution in [2.24, 2.45) is 5.73 Å². The zero-order chi connectivity index (χ0) is 29.9. The van der Waals surface area contributed by atoms with Crippen molar-refractivity contribution in [3.8, 4) is 11.1 Å². The van der Waals surface area contributed by atoms with Crippen LogP contribution in [-0.4, -0.2) is 47.9 Å². The lowest BCUT2D eigenvalue weighted by molar-refractivity contribution is -0.141. The van der Waals surface area contributed by atoms with Crippen LogP contribution in [0.15, 0.2) is 76.6 Å². The maximum atomic E-state index is 13.8. The van der Waals surface area contributed by atoms with E-state index in [4.69, 9.17) is 5.73 Å². The fourth-order valence-electron chi connectivity index (χ4n) is 5.23. The first-order valence-electron chi connectivity index (χ1n) is 12.2. The Hall–Kier alpha value is -4.49. The van der Waals surface area contributed by atoms with Crippen LogP contribution >= 0.6 is 0 Å². The lowest BCUT2D eigenvalue weighted by Gasteiger charge is -2.34. The molecule has 1 aromatic heterocycles. The Morgan fingerprint density at radius 2 is 1.71 bits per heavy atom. The van der Waals surface area contributed by atoms with Crippen LogP contribution in [-0.2, 0) is 27.4 Å². The number of sulfonamides is 1. The zero-order valence-electron chi connectivity index (χ0n) is 21.3. The van der Waals surface area contributed by atoms with Crippen molar-refractivity contribution in [1.82, 2.24) is 8.87 Å². The van der Waals surface area contributed by atoms with Crippen molar-refractivity contribution >= 4 is 32.7 Å². The predicted octanol–water partition coefficient (Wildman–Crippen LogP) is 3.64. The van der Waals surface area contributed by atoms with Gasteiger partial charge in [0.2, 0.25) is 0 Å². The van der Waals surface area contributed by atoms with Crippen molar-refractivity contribution < 1.29 is 36.3 Å². The Bertz CT molecular complexity index is 1910. The molecule has 0 saturated carbocycles. The summed E-state index contributed by atoms with van der Waals surface area (Å²) in [5, 5.41) is 10.5. The Morgan fingerprint density at radius 3 is 2.37 bits per heavy atom. The van der Waals surface area contributed by atoms with Gasteiger partial charge >= 0.3 is 12.1 Å². The molecule has 9 nitrogen and oxygen atoms in total. The van der Waals surface area contributed by atoms with Crippen LogP contribution in [0.25, 0.3) is 21.9 Å². The van der Waals surface area contributed by atoms with Gasteiger partial charge in [-0.25, -0.2) is 13.2 Å². The number of primary amides is 1. The topological polar surface area (TPSA) is 140 Å². The highest BCUT2D eigenvalue weighted by Gasteiger charge is 2.44. The van der Waals surface area contributed by atoms with Crippen molar-refractivity contribution in [2.75, 3.05) is 13.6 Å². The number of aliphatic carboxylic acids is 1. The standard InChI is InChI=1S/C28H22F3N3O6S/c1-33-14-21(27(37)38)34-25(36)23(24(32)35)20(13-16-8-4-7-15-6-2-3-11-19(15)16)22(26(34)41(33,39)40)17-9-5-10-18(12-17)28(29,30)31/h2-12,21H,13-14H2,1H3,(H2,32,35)(H,37,38). The normalized spacial score (nSPS) is 16.8. The minimum Gasteiger partial charge on any atom is -0.480 e. The van der Waals surface area contributed by atoms with Crippen molar-refractivity contribution in [2.45, 2.75) is 23.7 Å². The molecule has 4 aromatic rings. The van der Waals surface area contributed by atoms with Gasteiger partial charge in [-0.2, -0.15) is 17.5 Å². The molecule has 5 rings (SSSR count). The molecule has 3 aromatic carbocycles. The highest BCUT2D eigenvalue weighted by Crippen LogP contribution is 2.41. The smallest absolute Gasteiger partial charge is 0.416 e. The number of carboxylic acids is 1. The number of carboxylic acid groups (broad SMARTS) is 1. The van der Waals surface area contributed by atoms with Gasteiger partial charge in [-0.05, 0) is 46.0 Å². The number of hydrogen-bond donors (Lipinski definition) is 2. The number of fused-ring (bicyclic) bond motifs is 2. The number of carbonyl (C=O) groups is 2. The number of likely N-dealkylation sites (N-methyl/N-ethyl adjacent to an activating group) is 1. The second-order valence-electron chi connectivity index (χ2n) is 9.61. The summed E-state index contributed by atoms with van der Waals surface area (Å²) >= 11 is 0. The zero-order valence-corrected chi connectivity index (χ0v) is 22.2. The molecule has 1 aliphatic heterocycles. The van der Waals surface area contributed by atoms with Gasteiger partial charge in [-0.1, -0.05) is 54.6 Å². The van der Waals surface area contributed by atoms with E-state index in [9.17, 15) is 41.1 Å². The first-order valence-corrected chi connectivity index (χ1v) is 13.6. The number of pyridine rings is 1. The second kappa shape index (κ2) is 9.85. The summed E-state index contributed by atoms with van der Waals surface area (Å²) in [6.07, 6.45) is -5.09. The molecule has 212 valence electrons. The van der Waals surface area contributed by atoms with Crippen molar-refractivity contribution in [3.05, 3.63) is 99.3 Å². The summed E-state index contributed by atoms with van der Waals surface area (Å²) < 4.78 is 69.9. The predicted molar refractivity (Wildman–Crippen MR) is 143 cm³/mol. The monoisotopic (exact) mass is 585 g/mol. The van der Waals surface area contributed by atoms with E-state index in [0.29, 0.717) is 25.9 Å². The van der Waals surface area contributed by atoms with E-state index in [1.165, 1.54) is 6.07 Å². The Labute approximate surface area is 231 Å². The highest BCUT2D eigenvalue weighted by atomic mass is 32.2. The third kappa shape index (κ3) is 4.66. The molecule has 1 aliphatic rings. The summed E-state index contributed by atoms with van der Waals surface area (Å²) in [6.45, 7) is -0.659. The van der Waals surface area contributed by atoms with Crippen LogP contribution in [0.2, 0.25) is 0 Å². The Morgan fingerprint density at radius 1 is 1.05 bits per heavy atom. The van der Waals surface area contributed by atoms with E-state index in [1.54, 1.807) is 42.5 Å². The van der Waals surface area contributed by atoms with Gasteiger partial charge in [0.25, 0.3) is 21.5 Å². The maximum Gasteiger partial charge on any atom is 0.416 e. The van der Waals surface area contributed by atoms with Gasteiger partial charge in [0.1, 0.15) is 11.6 Å². The minimum atomic E-state index is -4.82. The van der Waals surface area contributed by atoms with Gasteiger partial charge < -0.3 is 10.8 Å². The molecule has 0 spiro atoms. The highest BCUT2D eigenvalue weighted by molar-refractivity contribution is 7.89. The summed E-state index contributed by atoms with van der Waals surface area (Å²) in [6, 6.07) is 14.2. The lowest BCUT2D eigenvalue weighted by atomic mass is 9.89. The first-order chi connectivity index (χ1) is 19.2. The molecule has 1 unspecified atom stereocenters. The summed E-state index contributed by atoms with van der Waals surface area (Å²) in [7, 11) is -3.54. The third-order valence-corrected chi connectivity index (χ3v) is 8.98. The molecule has 1 atom stereocenters. The minimum absolute atomic E-state index is 0.229. The summed E-state index contributed by atoms with van der Waals surface area (Å²) in [5.41, 5.74) is 2.15. The van der Waals surface area contributed by atoms with E-state index in [2.05, 4.69) is 0 Å². The molecule has 3 N–H and O–H groups in total. The van der Waals surface area contributed by atoms with E-state index in [-0.39, 0.29) is 17.5 Å². The van der Waals surface area contributed by atoms with Crippen LogP contribution in [0, 0.1) is 0 Å². The second-order valence-corrected chi connectivity index (χ2v) is 11.6. The van der Waals surface area contributed by atoms with Gasteiger partial charge in [0, 0.05) is 19.2 Å². The third-order valence-electron chi connectivity index (χ3n) is 7.12. The molecule has 0 saturated heterocycles. The largest absolute Gasteiger partial charge is 0.480 e. The molecule has 0 bridgehead atoms. The number of carbonyl (C=O) groups excluding carboxylic acids is 1. The van der Waals surface area contributed by atoms with Crippen LogP contribution in [0.5, 0.6) is 0 Å². The summed E-state index contributed by atoms with van der Waals surface area (Å²) in [4.78, 5) is 38.8. The van der Waals surface area contributed by atoms with Gasteiger partial charge in [0.05, 0.1) is 5.56 Å². The maximum absolute atomic E-state index is 13.8. The number of halogens is 3. The van der Waals surface area contributed by atoms with Crippen LogP contribution in [0.1, 0.15) is 33.1 Å². The lowest BCUT2D eigenvalue weighted by Crippen LogP contribution is -2.49. The van der Waals surface area contributed by atoms with Gasteiger partial charge in [0.15, 0.2) is 5.03 Å².